The first kappa shape index (κ1) is 17.7. The molecule has 1 rings (SSSR count). The van der Waals surface area contributed by atoms with E-state index in [1.54, 1.807) is 18.7 Å². The highest BCUT2D eigenvalue weighted by atomic mass is 79.9. The Hall–Kier alpha value is -0.310. The van der Waals surface area contributed by atoms with Crippen LogP contribution >= 0.6 is 27.7 Å². The molecule has 114 valence electrons. The smallest absolute Gasteiger partial charge is 0.242 e. The molecule has 0 spiro atoms. The summed E-state index contributed by atoms with van der Waals surface area (Å²) in [6.45, 7) is 3.85. The number of rotatable bonds is 7. The number of anilines is 1. The summed E-state index contributed by atoms with van der Waals surface area (Å²) >= 11 is 4.80. The zero-order valence-electron chi connectivity index (χ0n) is 11.3. The molecule has 0 aliphatic rings. The Morgan fingerprint density at radius 2 is 2.15 bits per heavy atom. The monoisotopic (exact) mass is 384 g/mol. The molecule has 0 heterocycles. The minimum atomic E-state index is -3.72. The lowest BCUT2D eigenvalue weighted by Gasteiger charge is -2.15. The van der Waals surface area contributed by atoms with Crippen LogP contribution in [0.2, 0.25) is 0 Å². The minimum absolute atomic E-state index is 0.0496. The van der Waals surface area contributed by atoms with Crippen molar-refractivity contribution in [2.45, 2.75) is 31.2 Å². The summed E-state index contributed by atoms with van der Waals surface area (Å²) in [5, 5.41) is 0. The summed E-state index contributed by atoms with van der Waals surface area (Å²) in [4.78, 5) is -0.0496. The van der Waals surface area contributed by atoms with Crippen LogP contribution in [-0.4, -0.2) is 26.0 Å². The highest BCUT2D eigenvalue weighted by Gasteiger charge is 2.21. The fourth-order valence-electron chi connectivity index (χ4n) is 1.54. The van der Waals surface area contributed by atoms with Crippen molar-refractivity contribution in [2.24, 2.45) is 0 Å². The lowest BCUT2D eigenvalue weighted by atomic mass is 10.3. The van der Waals surface area contributed by atoms with E-state index in [1.807, 2.05) is 0 Å². The minimum Gasteiger partial charge on any atom is -0.396 e. The Morgan fingerprint density at radius 3 is 2.75 bits per heavy atom. The van der Waals surface area contributed by atoms with Gasteiger partial charge < -0.3 is 5.73 Å². The summed E-state index contributed by atoms with van der Waals surface area (Å²) in [5.74, 6) is 1.23. The van der Waals surface area contributed by atoms with Crippen LogP contribution in [0.5, 0.6) is 0 Å². The van der Waals surface area contributed by atoms with E-state index in [-0.39, 0.29) is 21.1 Å². The van der Waals surface area contributed by atoms with E-state index in [9.17, 15) is 12.8 Å². The predicted molar refractivity (Wildman–Crippen MR) is 85.9 cm³/mol. The molecule has 1 atom stereocenters. The maximum absolute atomic E-state index is 13.2. The number of nitrogens with two attached hydrogens (primary N) is 1. The molecule has 0 aliphatic heterocycles. The van der Waals surface area contributed by atoms with Crippen LogP contribution in [0, 0.1) is 5.82 Å². The Morgan fingerprint density at radius 1 is 1.50 bits per heavy atom. The molecule has 0 bridgehead atoms. The maximum atomic E-state index is 13.2. The van der Waals surface area contributed by atoms with Crippen LogP contribution in [0.1, 0.15) is 20.3 Å². The zero-order valence-corrected chi connectivity index (χ0v) is 14.5. The maximum Gasteiger partial charge on any atom is 0.242 e. The van der Waals surface area contributed by atoms with Crippen molar-refractivity contribution in [3.63, 3.8) is 0 Å². The quantitative estimate of drug-likeness (QED) is 0.559. The number of nitrogen functional groups attached to an aromatic ring is 1. The topological polar surface area (TPSA) is 72.2 Å². The van der Waals surface area contributed by atoms with Crippen LogP contribution in [0.25, 0.3) is 0 Å². The fraction of sp³-hybridized carbons (Fsp3) is 0.500. The number of thioether (sulfide) groups is 1. The number of nitrogens with one attached hydrogen (secondary N) is 1. The van der Waals surface area contributed by atoms with Crippen molar-refractivity contribution in [2.75, 3.05) is 17.2 Å². The SMILES string of the molecule is CCSCCC(C)NS(=O)(=O)c1cc(N)c(F)cc1Br. The molecular weight excluding hydrogens is 367 g/mol. The summed E-state index contributed by atoms with van der Waals surface area (Å²) in [7, 11) is -3.72. The molecule has 0 aliphatic carbocycles. The van der Waals surface area contributed by atoms with Gasteiger partial charge in [-0.1, -0.05) is 6.92 Å². The van der Waals surface area contributed by atoms with Crippen LogP contribution < -0.4 is 10.5 Å². The molecule has 0 fully saturated rings. The Balaban J connectivity index is 2.86. The molecule has 0 saturated carbocycles. The highest BCUT2D eigenvalue weighted by Crippen LogP contribution is 2.27. The zero-order chi connectivity index (χ0) is 15.3. The molecule has 20 heavy (non-hydrogen) atoms. The Bertz CT molecular complexity index is 567. The fourth-order valence-corrected chi connectivity index (χ4v) is 4.68. The van der Waals surface area contributed by atoms with Gasteiger partial charge in [0.05, 0.1) is 10.6 Å². The predicted octanol–water partition coefficient (Wildman–Crippen LogP) is 2.98. The molecule has 8 heteroatoms. The molecule has 1 aromatic rings. The number of sulfonamides is 1. The Labute approximate surface area is 131 Å². The lowest BCUT2D eigenvalue weighted by molar-refractivity contribution is 0.556. The van der Waals surface area contributed by atoms with Crippen LogP contribution in [0.15, 0.2) is 21.5 Å². The third kappa shape index (κ3) is 4.91. The van der Waals surface area contributed by atoms with E-state index in [1.165, 1.54) is 0 Å². The van der Waals surface area contributed by atoms with Crippen molar-refractivity contribution in [3.05, 3.63) is 22.4 Å². The lowest BCUT2D eigenvalue weighted by Crippen LogP contribution is -2.33. The third-order valence-corrected chi connectivity index (χ3v) is 6.08. The van der Waals surface area contributed by atoms with Crippen LogP contribution in [-0.2, 0) is 10.0 Å². The van der Waals surface area contributed by atoms with Gasteiger partial charge >= 0.3 is 0 Å². The van der Waals surface area contributed by atoms with Crippen LogP contribution in [0.4, 0.5) is 10.1 Å². The molecule has 3 N–H and O–H groups in total. The van der Waals surface area contributed by atoms with E-state index in [4.69, 9.17) is 5.73 Å². The first-order chi connectivity index (χ1) is 9.27. The van der Waals surface area contributed by atoms with Gasteiger partial charge in [-0.3, -0.25) is 0 Å². The third-order valence-electron chi connectivity index (χ3n) is 2.60. The van der Waals surface area contributed by atoms with Crippen molar-refractivity contribution in [1.29, 1.82) is 0 Å². The van der Waals surface area contributed by atoms with Crippen molar-refractivity contribution in [3.8, 4) is 0 Å². The molecule has 0 radical (unpaired) electrons. The molecule has 0 aromatic heterocycles. The summed E-state index contributed by atoms with van der Waals surface area (Å²) < 4.78 is 40.4. The molecule has 0 saturated heterocycles. The van der Waals surface area contributed by atoms with Gasteiger partial charge in [-0.2, -0.15) is 11.8 Å². The summed E-state index contributed by atoms with van der Waals surface area (Å²) in [5.41, 5.74) is 5.23. The Kier molecular flexibility index (Phi) is 6.77. The molecular formula is C12H18BrFN2O2S2. The van der Waals surface area contributed by atoms with E-state index in [0.29, 0.717) is 0 Å². The van der Waals surface area contributed by atoms with E-state index in [2.05, 4.69) is 27.6 Å². The largest absolute Gasteiger partial charge is 0.396 e. The van der Waals surface area contributed by atoms with E-state index in [0.717, 1.165) is 30.1 Å². The standard InChI is InChI=1S/C12H18BrFN2O2S2/c1-3-19-5-4-8(2)16-20(17,18)12-7-11(15)10(14)6-9(12)13/h6-8,16H,3-5,15H2,1-2H3. The first-order valence-corrected chi connectivity index (χ1v) is 9.55. The van der Waals surface area contributed by atoms with Crippen molar-refractivity contribution in [1.82, 2.24) is 4.72 Å². The van der Waals surface area contributed by atoms with Gasteiger partial charge in [-0.15, -0.1) is 0 Å². The molecule has 1 aromatic carbocycles. The number of benzene rings is 1. The molecule has 0 amide bonds. The van der Waals surface area contributed by atoms with Gasteiger partial charge in [0.25, 0.3) is 0 Å². The second-order valence-corrected chi connectivity index (χ2v) is 8.24. The van der Waals surface area contributed by atoms with Crippen molar-refractivity contribution < 1.29 is 12.8 Å². The van der Waals surface area contributed by atoms with Gasteiger partial charge in [0.1, 0.15) is 5.82 Å². The average Bonchev–Trinajstić information content (AvgIpc) is 2.33. The van der Waals surface area contributed by atoms with E-state index >= 15 is 0 Å². The van der Waals surface area contributed by atoms with Gasteiger partial charge in [0.15, 0.2) is 0 Å². The van der Waals surface area contributed by atoms with Gasteiger partial charge in [-0.05, 0) is 52.9 Å². The van der Waals surface area contributed by atoms with Crippen molar-refractivity contribution >= 4 is 43.4 Å². The van der Waals surface area contributed by atoms with Gasteiger partial charge in [0, 0.05) is 10.5 Å². The second-order valence-electron chi connectivity index (χ2n) is 4.31. The normalized spacial score (nSPS) is 13.4. The number of hydrogen-bond donors (Lipinski definition) is 2. The number of hydrogen-bond acceptors (Lipinski definition) is 4. The van der Waals surface area contributed by atoms with Crippen LogP contribution in [0.3, 0.4) is 0 Å². The first-order valence-electron chi connectivity index (χ1n) is 6.12. The van der Waals surface area contributed by atoms with Gasteiger partial charge in [-0.25, -0.2) is 17.5 Å². The summed E-state index contributed by atoms with van der Waals surface area (Å²) in [6, 6.07) is 1.98. The van der Waals surface area contributed by atoms with E-state index < -0.39 is 15.8 Å². The molecule has 1 unspecified atom stereocenters. The highest BCUT2D eigenvalue weighted by molar-refractivity contribution is 9.10. The summed E-state index contributed by atoms with van der Waals surface area (Å²) in [6.07, 6.45) is 0.728. The second kappa shape index (κ2) is 7.63. The molecule has 4 nitrogen and oxygen atoms in total. The van der Waals surface area contributed by atoms with Gasteiger partial charge in [0.2, 0.25) is 10.0 Å². The number of halogens is 2. The average molecular weight is 385 g/mol.